The Labute approximate surface area is 87.9 Å². The van der Waals surface area contributed by atoms with Crippen molar-refractivity contribution < 1.29 is 0 Å². The zero-order chi connectivity index (χ0) is 9.54. The third-order valence-electron chi connectivity index (χ3n) is 3.33. The van der Waals surface area contributed by atoms with Crippen LogP contribution in [-0.4, -0.2) is 16.0 Å². The number of hydrogen-bond acceptors (Lipinski definition) is 3. The molecular formula is C10H12ClN3. The van der Waals surface area contributed by atoms with Crippen molar-refractivity contribution in [1.82, 2.24) is 9.97 Å². The molecule has 1 aromatic heterocycles. The van der Waals surface area contributed by atoms with Crippen LogP contribution in [0.25, 0.3) is 0 Å². The lowest BCUT2D eigenvalue weighted by molar-refractivity contribution is 0.694. The van der Waals surface area contributed by atoms with Crippen LogP contribution in [-0.2, 0) is 0 Å². The van der Waals surface area contributed by atoms with Crippen molar-refractivity contribution in [2.45, 2.75) is 25.3 Å². The molecule has 0 amide bonds. The van der Waals surface area contributed by atoms with Crippen LogP contribution in [0.1, 0.15) is 19.3 Å². The van der Waals surface area contributed by atoms with E-state index in [1.165, 1.54) is 19.3 Å². The lowest BCUT2D eigenvalue weighted by Gasteiger charge is -2.06. The first-order chi connectivity index (χ1) is 6.84. The number of fused-ring (bicyclic) bond motifs is 1. The van der Waals surface area contributed by atoms with Gasteiger partial charge in [-0.3, -0.25) is 4.98 Å². The van der Waals surface area contributed by atoms with E-state index in [0.717, 1.165) is 17.7 Å². The van der Waals surface area contributed by atoms with E-state index < -0.39 is 0 Å². The minimum Gasteiger partial charge on any atom is -0.365 e. The Morgan fingerprint density at radius 3 is 2.79 bits per heavy atom. The highest BCUT2D eigenvalue weighted by atomic mass is 35.5. The Hall–Kier alpha value is -0.830. The number of hydrogen-bond donors (Lipinski definition) is 1. The number of anilines is 1. The predicted molar refractivity (Wildman–Crippen MR) is 55.3 cm³/mol. The lowest BCUT2D eigenvalue weighted by atomic mass is 10.2. The molecular weight excluding hydrogens is 198 g/mol. The van der Waals surface area contributed by atoms with E-state index in [1.807, 2.05) is 0 Å². The summed E-state index contributed by atoms with van der Waals surface area (Å²) in [5.74, 6) is 2.59. The van der Waals surface area contributed by atoms with Crippen LogP contribution in [0, 0.1) is 11.8 Å². The third kappa shape index (κ3) is 1.36. The summed E-state index contributed by atoms with van der Waals surface area (Å²) >= 11 is 5.76. The van der Waals surface area contributed by atoms with Crippen molar-refractivity contribution in [2.75, 3.05) is 5.32 Å². The fourth-order valence-corrected chi connectivity index (χ4v) is 2.77. The van der Waals surface area contributed by atoms with Gasteiger partial charge in [0.1, 0.15) is 11.0 Å². The standard InChI is InChI=1S/C10H12ClN3/c11-8-4-12-5-9(13-8)14-10-6-2-1-3-7(6)10/h4-7,10H,1-3H2,(H,13,14). The Kier molecular flexibility index (Phi) is 1.87. The number of aromatic nitrogens is 2. The molecule has 0 radical (unpaired) electrons. The normalized spacial score (nSPS) is 33.9. The number of nitrogens with one attached hydrogen (secondary N) is 1. The van der Waals surface area contributed by atoms with Crippen LogP contribution in [0.4, 0.5) is 5.82 Å². The second-order valence-electron chi connectivity index (χ2n) is 4.16. The van der Waals surface area contributed by atoms with Crippen LogP contribution in [0.3, 0.4) is 0 Å². The summed E-state index contributed by atoms with van der Waals surface area (Å²) in [6.07, 6.45) is 7.43. The average molecular weight is 210 g/mol. The highest BCUT2D eigenvalue weighted by Crippen LogP contribution is 2.53. The SMILES string of the molecule is Clc1cncc(NC2C3CCCC32)n1. The third-order valence-corrected chi connectivity index (χ3v) is 3.51. The maximum absolute atomic E-state index is 5.76. The molecule has 2 aliphatic rings. The van der Waals surface area contributed by atoms with Crippen LogP contribution in [0.15, 0.2) is 12.4 Å². The van der Waals surface area contributed by atoms with Gasteiger partial charge in [0.2, 0.25) is 0 Å². The van der Waals surface area contributed by atoms with Crippen LogP contribution >= 0.6 is 11.6 Å². The Morgan fingerprint density at radius 1 is 1.29 bits per heavy atom. The maximum Gasteiger partial charge on any atom is 0.149 e. The van der Waals surface area contributed by atoms with Crippen molar-refractivity contribution in [3.8, 4) is 0 Å². The van der Waals surface area contributed by atoms with Crippen molar-refractivity contribution in [3.05, 3.63) is 17.5 Å². The molecule has 2 aliphatic carbocycles. The van der Waals surface area contributed by atoms with E-state index in [1.54, 1.807) is 12.4 Å². The Bertz CT molecular complexity index is 345. The molecule has 0 aliphatic heterocycles. The largest absolute Gasteiger partial charge is 0.365 e. The maximum atomic E-state index is 5.76. The predicted octanol–water partition coefficient (Wildman–Crippen LogP) is 2.34. The zero-order valence-electron chi connectivity index (χ0n) is 7.78. The molecule has 0 bridgehead atoms. The summed E-state index contributed by atoms with van der Waals surface area (Å²) in [6, 6.07) is 0.636. The molecule has 0 spiro atoms. The summed E-state index contributed by atoms with van der Waals surface area (Å²) in [5, 5.41) is 3.86. The fraction of sp³-hybridized carbons (Fsp3) is 0.600. The van der Waals surface area contributed by atoms with Gasteiger partial charge in [0.05, 0.1) is 12.4 Å². The summed E-state index contributed by atoms with van der Waals surface area (Å²) in [4.78, 5) is 8.17. The second kappa shape index (κ2) is 3.09. The molecule has 14 heavy (non-hydrogen) atoms. The van der Waals surface area contributed by atoms with E-state index in [0.29, 0.717) is 11.2 Å². The summed E-state index contributed by atoms with van der Waals surface area (Å²) in [7, 11) is 0. The lowest BCUT2D eigenvalue weighted by Crippen LogP contribution is -2.09. The smallest absolute Gasteiger partial charge is 0.149 e. The first-order valence-corrected chi connectivity index (χ1v) is 5.46. The molecule has 2 fully saturated rings. The molecule has 0 aromatic carbocycles. The van der Waals surface area contributed by atoms with Crippen molar-refractivity contribution >= 4 is 17.4 Å². The molecule has 1 aromatic rings. The fourth-order valence-electron chi connectivity index (χ4n) is 2.62. The highest BCUT2D eigenvalue weighted by molar-refractivity contribution is 6.29. The van der Waals surface area contributed by atoms with Crippen molar-refractivity contribution in [2.24, 2.45) is 11.8 Å². The molecule has 2 unspecified atom stereocenters. The van der Waals surface area contributed by atoms with Gasteiger partial charge in [0.25, 0.3) is 0 Å². The van der Waals surface area contributed by atoms with Crippen LogP contribution in [0.5, 0.6) is 0 Å². The Morgan fingerprint density at radius 2 is 2.07 bits per heavy atom. The average Bonchev–Trinajstić information content (AvgIpc) is 2.62. The molecule has 74 valence electrons. The minimum atomic E-state index is 0.459. The van der Waals surface area contributed by atoms with E-state index >= 15 is 0 Å². The van der Waals surface area contributed by atoms with Crippen molar-refractivity contribution in [1.29, 1.82) is 0 Å². The van der Waals surface area contributed by atoms with Gasteiger partial charge in [-0.25, -0.2) is 4.98 Å². The molecule has 0 saturated heterocycles. The van der Waals surface area contributed by atoms with Gasteiger partial charge >= 0.3 is 0 Å². The first-order valence-electron chi connectivity index (χ1n) is 5.09. The molecule has 3 rings (SSSR count). The first kappa shape index (κ1) is 8.48. The van der Waals surface area contributed by atoms with Gasteiger partial charge in [-0.2, -0.15) is 0 Å². The molecule has 4 heteroatoms. The molecule has 2 saturated carbocycles. The quantitative estimate of drug-likeness (QED) is 0.813. The van der Waals surface area contributed by atoms with Gasteiger partial charge < -0.3 is 5.32 Å². The van der Waals surface area contributed by atoms with Gasteiger partial charge in [-0.1, -0.05) is 18.0 Å². The molecule has 1 N–H and O–H groups in total. The number of halogens is 1. The molecule has 1 heterocycles. The van der Waals surface area contributed by atoms with Gasteiger partial charge in [0.15, 0.2) is 0 Å². The number of nitrogens with zero attached hydrogens (tertiary/aromatic N) is 2. The van der Waals surface area contributed by atoms with E-state index in [9.17, 15) is 0 Å². The van der Waals surface area contributed by atoms with Gasteiger partial charge in [0, 0.05) is 6.04 Å². The van der Waals surface area contributed by atoms with E-state index in [2.05, 4.69) is 15.3 Å². The Balaban J connectivity index is 1.68. The zero-order valence-corrected chi connectivity index (χ0v) is 8.54. The van der Waals surface area contributed by atoms with Gasteiger partial charge in [-0.15, -0.1) is 0 Å². The van der Waals surface area contributed by atoms with E-state index in [4.69, 9.17) is 11.6 Å². The van der Waals surface area contributed by atoms with E-state index in [-0.39, 0.29) is 0 Å². The topological polar surface area (TPSA) is 37.8 Å². The van der Waals surface area contributed by atoms with Crippen molar-refractivity contribution in [3.63, 3.8) is 0 Å². The van der Waals surface area contributed by atoms with Crippen LogP contribution in [0.2, 0.25) is 5.15 Å². The minimum absolute atomic E-state index is 0.459. The number of rotatable bonds is 2. The summed E-state index contributed by atoms with van der Waals surface area (Å²) in [6.45, 7) is 0. The summed E-state index contributed by atoms with van der Waals surface area (Å²) in [5.41, 5.74) is 0. The second-order valence-corrected chi connectivity index (χ2v) is 4.54. The monoisotopic (exact) mass is 209 g/mol. The molecule has 3 nitrogen and oxygen atoms in total. The van der Waals surface area contributed by atoms with Gasteiger partial charge in [-0.05, 0) is 24.7 Å². The highest BCUT2D eigenvalue weighted by Gasteiger charge is 2.52. The van der Waals surface area contributed by atoms with Crippen LogP contribution < -0.4 is 5.32 Å². The summed E-state index contributed by atoms with van der Waals surface area (Å²) < 4.78 is 0. The molecule has 2 atom stereocenters.